The van der Waals surface area contributed by atoms with Crippen LogP contribution < -0.4 is 0 Å². The predicted octanol–water partition coefficient (Wildman–Crippen LogP) is 2.83. The van der Waals surface area contributed by atoms with E-state index in [9.17, 15) is 9.90 Å². The number of carbonyl (C=O) groups is 1. The van der Waals surface area contributed by atoms with Gasteiger partial charge in [0.15, 0.2) is 0 Å². The van der Waals surface area contributed by atoms with E-state index >= 15 is 0 Å². The van der Waals surface area contributed by atoms with Crippen molar-refractivity contribution in [3.05, 3.63) is 34.9 Å². The molecule has 0 aliphatic carbocycles. The third-order valence-electron chi connectivity index (χ3n) is 2.92. The Kier molecular flexibility index (Phi) is 6.16. The van der Waals surface area contributed by atoms with E-state index in [4.69, 9.17) is 16.3 Å². The highest BCUT2D eigenvalue weighted by atomic mass is 35.5. The van der Waals surface area contributed by atoms with Crippen molar-refractivity contribution in [2.24, 2.45) is 5.92 Å². The summed E-state index contributed by atoms with van der Waals surface area (Å²) in [5.74, 6) is -0.233. The quantitative estimate of drug-likeness (QED) is 0.809. The summed E-state index contributed by atoms with van der Waals surface area (Å²) in [6.07, 6.45) is 0.673. The first-order valence-electron chi connectivity index (χ1n) is 6.05. The normalized spacial score (nSPS) is 14.0. The fraction of sp³-hybridized carbons (Fsp3) is 0.500. The van der Waals surface area contributed by atoms with Crippen molar-refractivity contribution in [1.82, 2.24) is 0 Å². The number of halogens is 1. The summed E-state index contributed by atoms with van der Waals surface area (Å²) in [5.41, 5.74) is 0.936. The first kappa shape index (κ1) is 15.0. The van der Waals surface area contributed by atoms with Crippen molar-refractivity contribution < 1.29 is 14.6 Å². The maximum Gasteiger partial charge on any atom is 0.302 e. The molecule has 3 nitrogen and oxygen atoms in total. The van der Waals surface area contributed by atoms with Gasteiger partial charge in [-0.1, -0.05) is 36.7 Å². The zero-order chi connectivity index (χ0) is 13.5. The molecule has 0 heterocycles. The van der Waals surface area contributed by atoms with Crippen LogP contribution in [0, 0.1) is 5.92 Å². The number of benzene rings is 1. The van der Waals surface area contributed by atoms with Gasteiger partial charge in [0.05, 0.1) is 12.7 Å². The van der Waals surface area contributed by atoms with Crippen LogP contribution in [0.5, 0.6) is 0 Å². The van der Waals surface area contributed by atoms with E-state index in [1.807, 2.05) is 31.2 Å². The van der Waals surface area contributed by atoms with Crippen LogP contribution in [0.15, 0.2) is 24.3 Å². The molecule has 0 spiro atoms. The molecule has 100 valence electrons. The summed E-state index contributed by atoms with van der Waals surface area (Å²) in [6, 6.07) is 7.48. The summed E-state index contributed by atoms with van der Waals surface area (Å²) in [5, 5.41) is 10.7. The highest BCUT2D eigenvalue weighted by Crippen LogP contribution is 2.20. The molecule has 0 saturated carbocycles. The molecule has 1 aromatic carbocycles. The number of hydrogen-bond acceptors (Lipinski definition) is 3. The van der Waals surface area contributed by atoms with Gasteiger partial charge in [-0.2, -0.15) is 0 Å². The van der Waals surface area contributed by atoms with E-state index in [0.717, 1.165) is 5.56 Å². The molecular weight excluding hydrogens is 252 g/mol. The van der Waals surface area contributed by atoms with E-state index in [0.29, 0.717) is 24.5 Å². The first-order valence-corrected chi connectivity index (χ1v) is 6.43. The standard InChI is InChI=1S/C14H19ClO3/c1-10(7-8-18-11(2)16)14(17)9-12-5-3-4-6-13(12)15/h3-6,10,14,17H,7-9H2,1-2H3. The maximum atomic E-state index is 10.6. The lowest BCUT2D eigenvalue weighted by atomic mass is 9.95. The van der Waals surface area contributed by atoms with Gasteiger partial charge in [0.2, 0.25) is 0 Å². The van der Waals surface area contributed by atoms with Gasteiger partial charge in [-0.25, -0.2) is 0 Å². The van der Waals surface area contributed by atoms with Crippen molar-refractivity contribution >= 4 is 17.6 Å². The largest absolute Gasteiger partial charge is 0.466 e. The van der Waals surface area contributed by atoms with Gasteiger partial charge in [0.1, 0.15) is 0 Å². The Morgan fingerprint density at radius 1 is 1.44 bits per heavy atom. The first-order chi connectivity index (χ1) is 8.50. The number of carbonyl (C=O) groups excluding carboxylic acids is 1. The minimum Gasteiger partial charge on any atom is -0.466 e. The summed E-state index contributed by atoms with van der Waals surface area (Å²) in [7, 11) is 0. The van der Waals surface area contributed by atoms with Crippen LogP contribution in [-0.4, -0.2) is 23.8 Å². The van der Waals surface area contributed by atoms with E-state index in [-0.39, 0.29) is 11.9 Å². The molecule has 1 N–H and O–H groups in total. The predicted molar refractivity (Wildman–Crippen MR) is 71.6 cm³/mol. The van der Waals surface area contributed by atoms with E-state index < -0.39 is 6.10 Å². The molecule has 1 aromatic rings. The molecule has 0 bridgehead atoms. The molecule has 0 saturated heterocycles. The molecule has 0 aromatic heterocycles. The lowest BCUT2D eigenvalue weighted by molar-refractivity contribution is -0.141. The highest BCUT2D eigenvalue weighted by molar-refractivity contribution is 6.31. The number of esters is 1. The Hall–Kier alpha value is -1.06. The van der Waals surface area contributed by atoms with E-state index in [1.54, 1.807) is 0 Å². The molecule has 4 heteroatoms. The second-order valence-electron chi connectivity index (χ2n) is 4.47. The maximum absolute atomic E-state index is 10.6. The topological polar surface area (TPSA) is 46.5 Å². The Morgan fingerprint density at radius 2 is 2.11 bits per heavy atom. The summed E-state index contributed by atoms with van der Waals surface area (Å²) in [6.45, 7) is 3.66. The van der Waals surface area contributed by atoms with E-state index in [2.05, 4.69) is 0 Å². The number of hydrogen-bond donors (Lipinski definition) is 1. The average Bonchev–Trinajstić information content (AvgIpc) is 2.31. The van der Waals surface area contributed by atoms with Crippen LogP contribution in [0.3, 0.4) is 0 Å². The van der Waals surface area contributed by atoms with Gasteiger partial charge in [-0.3, -0.25) is 4.79 Å². The third kappa shape index (κ3) is 5.07. The van der Waals surface area contributed by atoms with Gasteiger partial charge in [0.25, 0.3) is 0 Å². The lowest BCUT2D eigenvalue weighted by Gasteiger charge is -2.19. The summed E-state index contributed by atoms with van der Waals surface area (Å²) >= 11 is 6.04. The molecule has 1 rings (SSSR count). The Morgan fingerprint density at radius 3 is 2.72 bits per heavy atom. The summed E-state index contributed by atoms with van der Waals surface area (Å²) in [4.78, 5) is 10.6. The van der Waals surface area contributed by atoms with Crippen LogP contribution in [0.2, 0.25) is 5.02 Å². The van der Waals surface area contributed by atoms with Gasteiger partial charge >= 0.3 is 5.97 Å². The molecule has 2 unspecified atom stereocenters. The highest BCUT2D eigenvalue weighted by Gasteiger charge is 2.16. The minimum absolute atomic E-state index is 0.0561. The van der Waals surface area contributed by atoms with Crippen LogP contribution in [0.1, 0.15) is 25.8 Å². The lowest BCUT2D eigenvalue weighted by Crippen LogP contribution is -2.22. The second-order valence-corrected chi connectivity index (χ2v) is 4.88. The molecular formula is C14H19ClO3. The average molecular weight is 271 g/mol. The van der Waals surface area contributed by atoms with Crippen LogP contribution in [-0.2, 0) is 16.0 Å². The zero-order valence-electron chi connectivity index (χ0n) is 10.7. The molecule has 0 aliphatic heterocycles. The van der Waals surface area contributed by atoms with Crippen molar-refractivity contribution in [2.45, 2.75) is 32.8 Å². The monoisotopic (exact) mass is 270 g/mol. The number of aliphatic hydroxyl groups excluding tert-OH is 1. The fourth-order valence-electron chi connectivity index (χ4n) is 1.67. The molecule has 0 amide bonds. The molecule has 18 heavy (non-hydrogen) atoms. The SMILES string of the molecule is CC(=O)OCCC(C)C(O)Cc1ccccc1Cl. The minimum atomic E-state index is -0.486. The van der Waals surface area contributed by atoms with Crippen LogP contribution in [0.4, 0.5) is 0 Å². The number of rotatable bonds is 6. The molecule has 2 atom stereocenters. The van der Waals surface area contributed by atoms with Crippen molar-refractivity contribution in [3.63, 3.8) is 0 Å². The van der Waals surface area contributed by atoms with E-state index in [1.165, 1.54) is 6.92 Å². The zero-order valence-corrected chi connectivity index (χ0v) is 11.5. The van der Waals surface area contributed by atoms with Gasteiger partial charge < -0.3 is 9.84 Å². The van der Waals surface area contributed by atoms with Crippen molar-refractivity contribution in [3.8, 4) is 0 Å². The summed E-state index contributed by atoms with van der Waals surface area (Å²) < 4.78 is 4.86. The fourth-order valence-corrected chi connectivity index (χ4v) is 1.88. The van der Waals surface area contributed by atoms with Crippen molar-refractivity contribution in [2.75, 3.05) is 6.61 Å². The number of ether oxygens (including phenoxy) is 1. The van der Waals surface area contributed by atoms with Gasteiger partial charge in [-0.05, 0) is 24.0 Å². The van der Waals surface area contributed by atoms with Gasteiger partial charge in [0, 0.05) is 18.4 Å². The molecule has 0 aliphatic rings. The third-order valence-corrected chi connectivity index (χ3v) is 3.29. The number of aliphatic hydroxyl groups is 1. The van der Waals surface area contributed by atoms with Gasteiger partial charge in [-0.15, -0.1) is 0 Å². The van der Waals surface area contributed by atoms with Crippen LogP contribution in [0.25, 0.3) is 0 Å². The Labute approximate surface area is 113 Å². The molecule has 0 radical (unpaired) electrons. The van der Waals surface area contributed by atoms with Crippen LogP contribution >= 0.6 is 11.6 Å². The Bertz CT molecular complexity index is 392. The second kappa shape index (κ2) is 7.39. The smallest absolute Gasteiger partial charge is 0.302 e. The molecule has 0 fully saturated rings. The Balaban J connectivity index is 2.42. The van der Waals surface area contributed by atoms with Crippen molar-refractivity contribution in [1.29, 1.82) is 0 Å².